The van der Waals surface area contributed by atoms with Crippen LogP contribution in [0.1, 0.15) is 25.7 Å². The average Bonchev–Trinajstić information content (AvgIpc) is 2.65. The lowest BCUT2D eigenvalue weighted by molar-refractivity contribution is -0.116. The molecule has 1 rings (SSSR count). The zero-order valence-electron chi connectivity index (χ0n) is 28.0. The number of carbonyl (C=O) groups is 2. The Morgan fingerprint density at radius 2 is 0.750 bits per heavy atom. The van der Waals surface area contributed by atoms with Crippen LogP contribution < -0.4 is 0 Å². The lowest BCUT2D eigenvalue weighted by Gasteiger charge is -2.38. The summed E-state index contributed by atoms with van der Waals surface area (Å²) in [5, 5.41) is 0. The van der Waals surface area contributed by atoms with E-state index in [0.29, 0.717) is 24.5 Å². The first kappa shape index (κ1) is 37.8. The van der Waals surface area contributed by atoms with E-state index >= 15 is 0 Å². The Hall–Kier alpha value is -0.179. The van der Waals surface area contributed by atoms with Gasteiger partial charge in [0.25, 0.3) is 0 Å². The van der Waals surface area contributed by atoms with E-state index in [4.69, 9.17) is 16.5 Å². The first-order chi connectivity index (χ1) is 17.8. The van der Waals surface area contributed by atoms with Gasteiger partial charge in [0, 0.05) is 13.1 Å². The summed E-state index contributed by atoms with van der Waals surface area (Å²) in [6, 6.07) is 1.66. The highest BCUT2D eigenvalue weighted by atomic mass is 28.5. The molecule has 0 atom stereocenters. The van der Waals surface area contributed by atoms with Crippen LogP contribution >= 0.6 is 0 Å². The van der Waals surface area contributed by atoms with Crippen molar-refractivity contribution in [1.82, 2.24) is 0 Å². The van der Waals surface area contributed by atoms with Crippen molar-refractivity contribution in [2.75, 3.05) is 13.1 Å². The largest absolute Gasteiger partial charge is 0.437 e. The monoisotopic (exact) mass is 662 g/mol. The van der Waals surface area contributed by atoms with E-state index in [1.165, 1.54) is 0 Å². The summed E-state index contributed by atoms with van der Waals surface area (Å²) in [4.78, 5) is 34.7. The Kier molecular flexibility index (Phi) is 13.7. The van der Waals surface area contributed by atoms with Crippen LogP contribution in [-0.2, 0) is 26.0 Å². The summed E-state index contributed by atoms with van der Waals surface area (Å²) in [6.07, 6.45) is 1.66. The molecule has 0 bridgehead atoms. The topological polar surface area (TPSA) is 95.8 Å². The summed E-state index contributed by atoms with van der Waals surface area (Å²) >= 11 is 0. The maximum atomic E-state index is 12.8. The van der Waals surface area contributed by atoms with Gasteiger partial charge in [-0.2, -0.15) is 0 Å². The minimum Gasteiger partial charge on any atom is -0.437 e. The van der Waals surface area contributed by atoms with Crippen molar-refractivity contribution in [2.24, 2.45) is 9.98 Å². The van der Waals surface area contributed by atoms with Crippen LogP contribution in [0.4, 0.5) is 0 Å². The summed E-state index contributed by atoms with van der Waals surface area (Å²) in [5.41, 5.74) is 0.771. The molecule has 0 spiro atoms. The third-order valence-corrected chi connectivity index (χ3v) is 24.8. The second kappa shape index (κ2) is 14.5. The van der Waals surface area contributed by atoms with Crippen molar-refractivity contribution >= 4 is 73.4 Å². The standard InChI is InChI=1S/C26H58N2O6Si6/c1-35(2,3)31-39(13,32-36(4,5)6)19-15-17-27-23-21-26(30)24(22-25(23)29)28-18-16-20-40(14,33-37(7,8)9)34-38(10,11)12/h15-22H2,1-14H3. The summed E-state index contributed by atoms with van der Waals surface area (Å²) in [6.45, 7) is 31.7. The third kappa shape index (κ3) is 16.5. The molecule has 8 nitrogen and oxygen atoms in total. The van der Waals surface area contributed by atoms with Gasteiger partial charge in [0.1, 0.15) is 0 Å². The second-order valence-electron chi connectivity index (χ2n) is 15.2. The molecule has 1 aliphatic carbocycles. The van der Waals surface area contributed by atoms with E-state index < -0.39 is 50.4 Å². The van der Waals surface area contributed by atoms with Crippen molar-refractivity contribution in [3.8, 4) is 0 Å². The Balaban J connectivity index is 2.73. The van der Waals surface area contributed by atoms with Crippen molar-refractivity contribution in [3.05, 3.63) is 0 Å². The smallest absolute Gasteiger partial charge is 0.314 e. The normalized spacial score (nSPS) is 18.8. The zero-order valence-corrected chi connectivity index (χ0v) is 34.0. The molecule has 0 radical (unpaired) electrons. The Morgan fingerprint density at radius 3 is 0.975 bits per heavy atom. The quantitative estimate of drug-likeness (QED) is 0.129. The van der Waals surface area contributed by atoms with Crippen LogP contribution in [0.5, 0.6) is 0 Å². The number of hydrogen-bond donors (Lipinski definition) is 0. The number of rotatable bonds is 16. The van der Waals surface area contributed by atoms with Crippen molar-refractivity contribution in [3.63, 3.8) is 0 Å². The number of carbonyl (C=O) groups excluding carboxylic acids is 2. The van der Waals surface area contributed by atoms with Gasteiger partial charge in [0.05, 0.1) is 24.3 Å². The fourth-order valence-electron chi connectivity index (χ4n) is 5.06. The van der Waals surface area contributed by atoms with Gasteiger partial charge in [-0.05, 0) is 117 Å². The molecule has 40 heavy (non-hydrogen) atoms. The van der Waals surface area contributed by atoms with Crippen LogP contribution in [0.15, 0.2) is 9.98 Å². The Bertz CT molecular complexity index is 837. The predicted molar refractivity (Wildman–Crippen MR) is 184 cm³/mol. The number of ketones is 2. The van der Waals surface area contributed by atoms with Gasteiger partial charge in [-0.25, -0.2) is 0 Å². The predicted octanol–water partition coefficient (Wildman–Crippen LogP) is 7.13. The zero-order chi connectivity index (χ0) is 31.2. The lowest BCUT2D eigenvalue weighted by atomic mass is 9.93. The molecule has 0 amide bonds. The minimum absolute atomic E-state index is 0.0487. The molecule has 1 fully saturated rings. The molecule has 0 N–H and O–H groups in total. The molecule has 1 aliphatic rings. The molecule has 0 aromatic heterocycles. The fourth-order valence-corrected chi connectivity index (χ4v) is 30.1. The molecular weight excluding hydrogens is 605 g/mol. The molecule has 0 heterocycles. The molecule has 14 heteroatoms. The highest BCUT2D eigenvalue weighted by Crippen LogP contribution is 2.27. The van der Waals surface area contributed by atoms with Crippen molar-refractivity contribution in [2.45, 2.75) is 129 Å². The van der Waals surface area contributed by atoms with Crippen LogP contribution in [0.25, 0.3) is 0 Å². The number of Topliss-reactive ketones (excluding diaryl/α,β-unsaturated/α-hetero) is 2. The number of nitrogens with zero attached hydrogens (tertiary/aromatic N) is 2. The van der Waals surface area contributed by atoms with E-state index in [0.717, 1.165) is 24.9 Å². The fraction of sp³-hybridized carbons (Fsp3) is 0.846. The van der Waals surface area contributed by atoms with Gasteiger partial charge < -0.3 is 16.5 Å². The van der Waals surface area contributed by atoms with Crippen LogP contribution in [-0.4, -0.2) is 86.5 Å². The number of hydrogen-bond acceptors (Lipinski definition) is 8. The maximum absolute atomic E-state index is 12.8. The van der Waals surface area contributed by atoms with E-state index in [2.05, 4.69) is 102 Å². The van der Waals surface area contributed by atoms with Gasteiger partial charge in [-0.15, -0.1) is 0 Å². The molecule has 0 aliphatic heterocycles. The molecule has 0 saturated heterocycles. The lowest BCUT2D eigenvalue weighted by Crippen LogP contribution is -2.52. The van der Waals surface area contributed by atoms with Gasteiger partial charge in [0.15, 0.2) is 44.8 Å². The minimum atomic E-state index is -2.34. The van der Waals surface area contributed by atoms with Crippen LogP contribution in [0.2, 0.25) is 104 Å². The van der Waals surface area contributed by atoms with E-state index in [1.807, 2.05) is 0 Å². The second-order valence-corrected chi connectivity index (χ2v) is 40.9. The average molecular weight is 663 g/mol. The van der Waals surface area contributed by atoms with E-state index in [-0.39, 0.29) is 24.4 Å². The first-order valence-electron chi connectivity index (χ1n) is 14.7. The van der Waals surface area contributed by atoms with Crippen LogP contribution in [0, 0.1) is 0 Å². The van der Waals surface area contributed by atoms with E-state index in [1.54, 1.807) is 0 Å². The Labute approximate surface area is 251 Å². The first-order valence-corrected chi connectivity index (χ1v) is 33.4. The van der Waals surface area contributed by atoms with Gasteiger partial charge in [0.2, 0.25) is 0 Å². The number of aliphatic imine (C=N–C) groups is 2. The van der Waals surface area contributed by atoms with Gasteiger partial charge in [-0.3, -0.25) is 19.6 Å². The highest BCUT2D eigenvalue weighted by molar-refractivity contribution is 6.88. The van der Waals surface area contributed by atoms with Gasteiger partial charge >= 0.3 is 17.1 Å². The van der Waals surface area contributed by atoms with Crippen molar-refractivity contribution < 1.29 is 26.0 Å². The molecule has 0 aromatic carbocycles. The molecule has 232 valence electrons. The maximum Gasteiger partial charge on any atom is 0.314 e. The summed E-state index contributed by atoms with van der Waals surface area (Å²) in [5.74, 6) is -0.170. The summed E-state index contributed by atoms with van der Waals surface area (Å²) < 4.78 is 26.2. The SMILES string of the molecule is C[Si](C)(C)O[Si](C)(CCCN=C1CC(=O)C(=NCCC[Si](C)(O[Si](C)(C)C)O[Si](C)(C)C)CC1=O)O[Si](C)(C)C. The van der Waals surface area contributed by atoms with Crippen molar-refractivity contribution in [1.29, 1.82) is 0 Å². The summed E-state index contributed by atoms with van der Waals surface area (Å²) in [7, 11) is -11.7. The van der Waals surface area contributed by atoms with Crippen LogP contribution in [0.3, 0.4) is 0 Å². The molecular formula is C26H58N2O6Si6. The molecule has 0 unspecified atom stereocenters. The van der Waals surface area contributed by atoms with Gasteiger partial charge in [-0.1, -0.05) is 0 Å². The molecule has 1 saturated carbocycles. The Morgan fingerprint density at radius 1 is 0.500 bits per heavy atom. The molecule has 0 aromatic rings. The highest BCUT2D eigenvalue weighted by Gasteiger charge is 2.41. The van der Waals surface area contributed by atoms with E-state index in [9.17, 15) is 9.59 Å². The third-order valence-electron chi connectivity index (χ3n) is 5.57.